The second kappa shape index (κ2) is 4.97. The highest BCUT2D eigenvalue weighted by atomic mass is 32.1. The lowest BCUT2D eigenvalue weighted by Gasteiger charge is -2.26. The van der Waals surface area contributed by atoms with E-state index in [0.717, 1.165) is 0 Å². The quantitative estimate of drug-likeness (QED) is 0.643. The Kier molecular flexibility index (Phi) is 3.35. The number of hydrazine groups is 1. The number of thiophene rings is 1. The molecular weight excluding hydrogens is 244 g/mol. The van der Waals surface area contributed by atoms with Gasteiger partial charge >= 0.3 is 0 Å². The van der Waals surface area contributed by atoms with Crippen molar-refractivity contribution < 1.29 is 4.74 Å². The maximum Gasteiger partial charge on any atom is 0.0807 e. The lowest BCUT2D eigenvalue weighted by molar-refractivity contribution is 0.0511. The zero-order valence-electron chi connectivity index (χ0n) is 10.4. The van der Waals surface area contributed by atoms with Gasteiger partial charge in [0.15, 0.2) is 0 Å². The average Bonchev–Trinajstić information content (AvgIpc) is 3.11. The molecular formula is C14H18N2OS. The summed E-state index contributed by atoms with van der Waals surface area (Å²) in [5, 5.41) is 3.41. The van der Waals surface area contributed by atoms with Crippen molar-refractivity contribution in [3.63, 3.8) is 0 Å². The van der Waals surface area contributed by atoms with Crippen molar-refractivity contribution in [3.8, 4) is 0 Å². The van der Waals surface area contributed by atoms with Crippen molar-refractivity contribution in [3.05, 3.63) is 35.2 Å². The molecule has 0 spiro atoms. The van der Waals surface area contributed by atoms with Crippen LogP contribution < -0.4 is 11.3 Å². The van der Waals surface area contributed by atoms with Crippen LogP contribution in [0.4, 0.5) is 0 Å². The highest BCUT2D eigenvalue weighted by Gasteiger charge is 2.37. The fourth-order valence-corrected chi connectivity index (χ4v) is 3.60. The number of nitrogens with two attached hydrogens (primary N) is 1. The summed E-state index contributed by atoms with van der Waals surface area (Å²) in [5.41, 5.74) is 4.21. The van der Waals surface area contributed by atoms with Crippen LogP contribution >= 0.6 is 11.3 Å². The van der Waals surface area contributed by atoms with E-state index in [4.69, 9.17) is 10.6 Å². The van der Waals surface area contributed by atoms with Gasteiger partial charge in [-0.3, -0.25) is 11.3 Å². The molecule has 3 rings (SSSR count). The zero-order valence-corrected chi connectivity index (χ0v) is 11.2. The third kappa shape index (κ3) is 2.06. The third-order valence-corrected chi connectivity index (χ3v) is 4.69. The number of hydrogen-bond acceptors (Lipinski definition) is 4. The molecule has 2 atom stereocenters. The summed E-state index contributed by atoms with van der Waals surface area (Å²) in [4.78, 5) is 0. The van der Waals surface area contributed by atoms with Crippen molar-refractivity contribution in [2.45, 2.75) is 25.0 Å². The molecule has 1 saturated carbocycles. The normalized spacial score (nSPS) is 19.0. The molecule has 0 saturated heterocycles. The number of nitrogens with one attached hydrogen (secondary N) is 1. The molecule has 1 aromatic carbocycles. The van der Waals surface area contributed by atoms with Gasteiger partial charge in [0.2, 0.25) is 0 Å². The number of benzene rings is 1. The number of methoxy groups -OCH3 is 1. The van der Waals surface area contributed by atoms with Gasteiger partial charge in [0.05, 0.1) is 12.1 Å². The maximum absolute atomic E-state index is 5.78. The summed E-state index contributed by atoms with van der Waals surface area (Å²) >= 11 is 1.77. The van der Waals surface area contributed by atoms with Crippen LogP contribution in [0.3, 0.4) is 0 Å². The van der Waals surface area contributed by atoms with Gasteiger partial charge in [-0.05, 0) is 41.2 Å². The van der Waals surface area contributed by atoms with Crippen molar-refractivity contribution in [2.24, 2.45) is 11.8 Å². The highest BCUT2D eigenvalue weighted by molar-refractivity contribution is 7.17. The summed E-state index contributed by atoms with van der Waals surface area (Å²) in [7, 11) is 1.78. The van der Waals surface area contributed by atoms with Gasteiger partial charge in [-0.15, -0.1) is 11.3 Å². The van der Waals surface area contributed by atoms with Crippen molar-refractivity contribution in [1.29, 1.82) is 0 Å². The first-order chi connectivity index (χ1) is 8.85. The van der Waals surface area contributed by atoms with E-state index in [0.29, 0.717) is 5.92 Å². The van der Waals surface area contributed by atoms with E-state index in [-0.39, 0.29) is 12.1 Å². The second-order valence-electron chi connectivity index (χ2n) is 4.87. The molecule has 1 fully saturated rings. The Morgan fingerprint density at radius 3 is 2.89 bits per heavy atom. The monoisotopic (exact) mass is 262 g/mol. The molecule has 0 amide bonds. The van der Waals surface area contributed by atoms with Gasteiger partial charge in [0.25, 0.3) is 0 Å². The van der Waals surface area contributed by atoms with E-state index >= 15 is 0 Å². The topological polar surface area (TPSA) is 47.3 Å². The van der Waals surface area contributed by atoms with Crippen LogP contribution in [0.5, 0.6) is 0 Å². The molecule has 1 heterocycles. The lowest BCUT2D eigenvalue weighted by atomic mass is 9.97. The van der Waals surface area contributed by atoms with E-state index in [1.807, 2.05) is 0 Å². The Bertz CT molecular complexity index is 535. The van der Waals surface area contributed by atoms with Gasteiger partial charge in [-0.1, -0.05) is 18.2 Å². The van der Waals surface area contributed by atoms with Crippen LogP contribution in [0.2, 0.25) is 0 Å². The Morgan fingerprint density at radius 2 is 2.22 bits per heavy atom. The van der Waals surface area contributed by atoms with Crippen LogP contribution in [0, 0.1) is 5.92 Å². The molecule has 1 aromatic heterocycles. The molecule has 2 unspecified atom stereocenters. The SMILES string of the molecule is COC(C1CC1)C(NN)c1cccc2ccsc12. The minimum atomic E-state index is 0.0739. The Morgan fingerprint density at radius 1 is 1.39 bits per heavy atom. The zero-order chi connectivity index (χ0) is 12.5. The number of ether oxygens (including phenoxy) is 1. The maximum atomic E-state index is 5.78. The molecule has 0 radical (unpaired) electrons. The van der Waals surface area contributed by atoms with Gasteiger partial charge in [0.1, 0.15) is 0 Å². The van der Waals surface area contributed by atoms with E-state index in [2.05, 4.69) is 35.1 Å². The Labute approximate surface area is 111 Å². The largest absolute Gasteiger partial charge is 0.379 e. The van der Waals surface area contributed by atoms with Gasteiger partial charge in [-0.2, -0.15) is 0 Å². The number of rotatable bonds is 5. The lowest BCUT2D eigenvalue weighted by Crippen LogP contribution is -2.38. The molecule has 1 aliphatic carbocycles. The average molecular weight is 262 g/mol. The van der Waals surface area contributed by atoms with Gasteiger partial charge < -0.3 is 4.74 Å². The van der Waals surface area contributed by atoms with E-state index in [1.165, 1.54) is 28.5 Å². The first-order valence-corrected chi connectivity index (χ1v) is 7.18. The molecule has 4 heteroatoms. The van der Waals surface area contributed by atoms with Crippen LogP contribution in [0.1, 0.15) is 24.4 Å². The Balaban J connectivity index is 2.01. The van der Waals surface area contributed by atoms with Gasteiger partial charge in [-0.25, -0.2) is 0 Å². The molecule has 18 heavy (non-hydrogen) atoms. The van der Waals surface area contributed by atoms with E-state index in [1.54, 1.807) is 18.4 Å². The summed E-state index contributed by atoms with van der Waals surface area (Å²) in [6, 6.07) is 8.61. The standard InChI is InChI=1S/C14H18N2OS/c1-17-13(9-5-6-9)12(16-15)11-4-2-3-10-7-8-18-14(10)11/h2-4,7-9,12-13,16H,5-6,15H2,1H3. The fourth-order valence-electron chi connectivity index (χ4n) is 2.65. The molecule has 96 valence electrons. The molecule has 1 aliphatic rings. The highest BCUT2D eigenvalue weighted by Crippen LogP contribution is 2.41. The number of hydrogen-bond donors (Lipinski definition) is 2. The van der Waals surface area contributed by atoms with Crippen molar-refractivity contribution in [2.75, 3.05) is 7.11 Å². The van der Waals surface area contributed by atoms with Crippen LogP contribution in [-0.2, 0) is 4.74 Å². The summed E-state index contributed by atoms with van der Waals surface area (Å²) in [5.74, 6) is 6.43. The Hall–Kier alpha value is -0.940. The minimum absolute atomic E-state index is 0.0739. The summed E-state index contributed by atoms with van der Waals surface area (Å²) < 4.78 is 6.98. The third-order valence-electron chi connectivity index (χ3n) is 3.71. The molecule has 3 nitrogen and oxygen atoms in total. The fraction of sp³-hybridized carbons (Fsp3) is 0.429. The number of fused-ring (bicyclic) bond motifs is 1. The van der Waals surface area contributed by atoms with Crippen molar-refractivity contribution in [1.82, 2.24) is 5.43 Å². The van der Waals surface area contributed by atoms with E-state index < -0.39 is 0 Å². The summed E-state index contributed by atoms with van der Waals surface area (Å²) in [6.45, 7) is 0. The first-order valence-electron chi connectivity index (χ1n) is 6.30. The molecule has 3 N–H and O–H groups in total. The molecule has 0 bridgehead atoms. The predicted octanol–water partition coefficient (Wildman–Crippen LogP) is 2.83. The molecule has 2 aromatic rings. The second-order valence-corrected chi connectivity index (χ2v) is 5.78. The smallest absolute Gasteiger partial charge is 0.0807 e. The van der Waals surface area contributed by atoms with Crippen LogP contribution in [0.15, 0.2) is 29.6 Å². The first kappa shape index (κ1) is 12.1. The predicted molar refractivity (Wildman–Crippen MR) is 75.4 cm³/mol. The molecule has 0 aliphatic heterocycles. The van der Waals surface area contributed by atoms with Crippen LogP contribution in [-0.4, -0.2) is 13.2 Å². The van der Waals surface area contributed by atoms with Gasteiger partial charge in [0, 0.05) is 11.8 Å². The van der Waals surface area contributed by atoms with Crippen molar-refractivity contribution >= 4 is 21.4 Å². The minimum Gasteiger partial charge on any atom is -0.379 e. The van der Waals surface area contributed by atoms with Crippen LogP contribution in [0.25, 0.3) is 10.1 Å². The summed E-state index contributed by atoms with van der Waals surface area (Å²) in [6.07, 6.45) is 2.66. The van der Waals surface area contributed by atoms with E-state index in [9.17, 15) is 0 Å².